The molecule has 0 radical (unpaired) electrons. The van der Waals surface area contributed by atoms with Gasteiger partial charge in [-0.15, -0.1) is 0 Å². The molecule has 0 amide bonds. The van der Waals surface area contributed by atoms with Gasteiger partial charge in [-0.3, -0.25) is 0 Å². The van der Waals surface area contributed by atoms with Gasteiger partial charge in [-0.1, -0.05) is 11.3 Å². The molecule has 0 bridgehead atoms. The van der Waals surface area contributed by atoms with Crippen molar-refractivity contribution in [2.75, 3.05) is 11.1 Å². The van der Waals surface area contributed by atoms with E-state index in [0.29, 0.717) is 16.5 Å². The molecule has 0 unspecified atom stereocenters. The SMILES string of the molecule is Nc1ccc2nc(Nc3ccc(F)c(F)c3)sc2c1. The molecule has 96 valence electrons. The quantitative estimate of drug-likeness (QED) is 0.698. The zero-order valence-corrected chi connectivity index (χ0v) is 10.5. The van der Waals surface area contributed by atoms with Gasteiger partial charge < -0.3 is 11.1 Å². The maximum absolute atomic E-state index is 13.1. The topological polar surface area (TPSA) is 50.9 Å². The lowest BCUT2D eigenvalue weighted by molar-refractivity contribution is 0.509. The van der Waals surface area contributed by atoms with Crippen molar-refractivity contribution in [1.82, 2.24) is 4.98 Å². The smallest absolute Gasteiger partial charge is 0.188 e. The van der Waals surface area contributed by atoms with E-state index in [4.69, 9.17) is 5.73 Å². The lowest BCUT2D eigenvalue weighted by Crippen LogP contribution is -1.91. The Bertz CT molecular complexity index is 755. The summed E-state index contributed by atoms with van der Waals surface area (Å²) < 4.78 is 26.8. The van der Waals surface area contributed by atoms with Crippen LogP contribution in [0.5, 0.6) is 0 Å². The third kappa shape index (κ3) is 2.34. The Morgan fingerprint density at radius 2 is 1.89 bits per heavy atom. The van der Waals surface area contributed by atoms with Crippen molar-refractivity contribution in [3.63, 3.8) is 0 Å². The normalized spacial score (nSPS) is 10.8. The van der Waals surface area contributed by atoms with Gasteiger partial charge in [0.05, 0.1) is 10.2 Å². The summed E-state index contributed by atoms with van der Waals surface area (Å²) in [5.74, 6) is -1.77. The third-order valence-corrected chi connectivity index (χ3v) is 3.52. The highest BCUT2D eigenvalue weighted by Gasteiger charge is 2.06. The van der Waals surface area contributed by atoms with Crippen molar-refractivity contribution in [1.29, 1.82) is 0 Å². The molecule has 0 aliphatic rings. The van der Waals surface area contributed by atoms with E-state index in [0.717, 1.165) is 22.3 Å². The number of aromatic nitrogens is 1. The zero-order chi connectivity index (χ0) is 13.4. The van der Waals surface area contributed by atoms with Crippen LogP contribution in [0.15, 0.2) is 36.4 Å². The minimum absolute atomic E-state index is 0.450. The van der Waals surface area contributed by atoms with Crippen molar-refractivity contribution < 1.29 is 8.78 Å². The van der Waals surface area contributed by atoms with E-state index in [1.54, 1.807) is 6.07 Å². The van der Waals surface area contributed by atoms with Gasteiger partial charge in [-0.05, 0) is 30.3 Å². The zero-order valence-electron chi connectivity index (χ0n) is 9.65. The Labute approximate surface area is 111 Å². The second-order valence-corrected chi connectivity index (χ2v) is 5.03. The van der Waals surface area contributed by atoms with E-state index < -0.39 is 11.6 Å². The van der Waals surface area contributed by atoms with Crippen molar-refractivity contribution in [2.45, 2.75) is 0 Å². The van der Waals surface area contributed by atoms with Crippen LogP contribution in [0.2, 0.25) is 0 Å². The third-order valence-electron chi connectivity index (χ3n) is 2.58. The summed E-state index contributed by atoms with van der Waals surface area (Å²) in [4.78, 5) is 4.34. The molecule has 0 saturated heterocycles. The van der Waals surface area contributed by atoms with Crippen LogP contribution in [-0.4, -0.2) is 4.98 Å². The first-order valence-corrected chi connectivity index (χ1v) is 6.31. The minimum Gasteiger partial charge on any atom is -0.399 e. The summed E-state index contributed by atoms with van der Waals surface area (Å²) in [5, 5.41) is 3.54. The summed E-state index contributed by atoms with van der Waals surface area (Å²) in [6.07, 6.45) is 0. The number of fused-ring (bicyclic) bond motifs is 1. The number of nitrogens with zero attached hydrogens (tertiary/aromatic N) is 1. The second-order valence-electron chi connectivity index (χ2n) is 4.00. The van der Waals surface area contributed by atoms with E-state index in [9.17, 15) is 8.78 Å². The van der Waals surface area contributed by atoms with Crippen molar-refractivity contribution in [3.8, 4) is 0 Å². The molecule has 0 aliphatic carbocycles. The fourth-order valence-corrected chi connectivity index (χ4v) is 2.63. The number of nitrogen functional groups attached to an aromatic ring is 1. The first-order chi connectivity index (χ1) is 9.11. The van der Waals surface area contributed by atoms with E-state index in [1.165, 1.54) is 17.4 Å². The molecule has 3 rings (SSSR count). The van der Waals surface area contributed by atoms with Gasteiger partial charge in [-0.2, -0.15) is 0 Å². The van der Waals surface area contributed by atoms with Crippen LogP contribution in [-0.2, 0) is 0 Å². The maximum Gasteiger partial charge on any atom is 0.188 e. The molecule has 0 aliphatic heterocycles. The Kier molecular flexibility index (Phi) is 2.79. The van der Waals surface area contributed by atoms with Crippen LogP contribution in [0.3, 0.4) is 0 Å². The van der Waals surface area contributed by atoms with Gasteiger partial charge in [0.15, 0.2) is 16.8 Å². The average molecular weight is 277 g/mol. The summed E-state index contributed by atoms with van der Waals surface area (Å²) in [6.45, 7) is 0. The first-order valence-electron chi connectivity index (χ1n) is 5.50. The van der Waals surface area contributed by atoms with Crippen LogP contribution in [0.4, 0.5) is 25.3 Å². The number of thiazole rings is 1. The Hall–Kier alpha value is -2.21. The molecule has 6 heteroatoms. The summed E-state index contributed by atoms with van der Waals surface area (Å²) in [6, 6.07) is 9.03. The summed E-state index contributed by atoms with van der Waals surface area (Å²) >= 11 is 1.40. The fraction of sp³-hybridized carbons (Fsp3) is 0. The molecule has 0 fully saturated rings. The molecule has 2 aromatic carbocycles. The molecule has 0 spiro atoms. The predicted molar refractivity (Wildman–Crippen MR) is 73.7 cm³/mol. The average Bonchev–Trinajstić information content (AvgIpc) is 2.75. The molecule has 1 heterocycles. The molecule has 3 aromatic rings. The largest absolute Gasteiger partial charge is 0.399 e. The Balaban J connectivity index is 1.94. The Morgan fingerprint density at radius 3 is 2.68 bits per heavy atom. The molecule has 19 heavy (non-hydrogen) atoms. The molecule has 0 atom stereocenters. The van der Waals surface area contributed by atoms with Crippen molar-refractivity contribution in [2.24, 2.45) is 0 Å². The highest BCUT2D eigenvalue weighted by Crippen LogP contribution is 2.29. The van der Waals surface area contributed by atoms with E-state index in [2.05, 4.69) is 10.3 Å². The highest BCUT2D eigenvalue weighted by atomic mass is 32.1. The van der Waals surface area contributed by atoms with E-state index in [-0.39, 0.29) is 0 Å². The van der Waals surface area contributed by atoms with Gasteiger partial charge in [0.25, 0.3) is 0 Å². The number of hydrogen-bond donors (Lipinski definition) is 2. The van der Waals surface area contributed by atoms with Crippen LogP contribution in [0, 0.1) is 11.6 Å². The van der Waals surface area contributed by atoms with Gasteiger partial charge >= 0.3 is 0 Å². The van der Waals surface area contributed by atoms with Gasteiger partial charge in [-0.25, -0.2) is 13.8 Å². The van der Waals surface area contributed by atoms with Crippen LogP contribution in [0.25, 0.3) is 10.2 Å². The number of benzene rings is 2. The van der Waals surface area contributed by atoms with Crippen LogP contribution in [0.1, 0.15) is 0 Å². The van der Waals surface area contributed by atoms with Crippen LogP contribution < -0.4 is 11.1 Å². The predicted octanol–water partition coefficient (Wildman–Crippen LogP) is 3.90. The maximum atomic E-state index is 13.1. The Morgan fingerprint density at radius 1 is 1.05 bits per heavy atom. The van der Waals surface area contributed by atoms with Gasteiger partial charge in [0.2, 0.25) is 0 Å². The molecule has 3 N–H and O–H groups in total. The number of hydrogen-bond acceptors (Lipinski definition) is 4. The molecule has 1 aromatic heterocycles. The van der Waals surface area contributed by atoms with Gasteiger partial charge in [0, 0.05) is 17.4 Å². The summed E-state index contributed by atoms with van der Waals surface area (Å²) in [7, 11) is 0. The van der Waals surface area contributed by atoms with Gasteiger partial charge in [0.1, 0.15) is 0 Å². The van der Waals surface area contributed by atoms with E-state index >= 15 is 0 Å². The number of nitrogens with one attached hydrogen (secondary N) is 1. The lowest BCUT2D eigenvalue weighted by atomic mass is 10.3. The number of rotatable bonds is 2. The second kappa shape index (κ2) is 4.47. The molecular formula is C13H9F2N3S. The number of nitrogens with two attached hydrogens (primary N) is 1. The summed E-state index contributed by atoms with van der Waals surface area (Å²) in [5.41, 5.74) is 7.61. The molecular weight excluding hydrogens is 268 g/mol. The monoisotopic (exact) mass is 277 g/mol. The number of halogens is 2. The van der Waals surface area contributed by atoms with Crippen molar-refractivity contribution >= 4 is 38.1 Å². The van der Waals surface area contributed by atoms with Crippen molar-refractivity contribution in [3.05, 3.63) is 48.0 Å². The van der Waals surface area contributed by atoms with E-state index in [1.807, 2.05) is 12.1 Å². The standard InChI is InChI=1S/C13H9F2N3S/c14-9-3-2-8(6-10(9)15)17-13-18-11-4-1-7(16)5-12(11)19-13/h1-6H,16H2,(H,17,18). The lowest BCUT2D eigenvalue weighted by Gasteiger charge is -2.02. The fourth-order valence-electron chi connectivity index (χ4n) is 1.69. The number of anilines is 3. The minimum atomic E-state index is -0.893. The molecule has 0 saturated carbocycles. The van der Waals surface area contributed by atoms with Crippen LogP contribution >= 0.6 is 11.3 Å². The first kappa shape index (κ1) is 11.9. The highest BCUT2D eigenvalue weighted by molar-refractivity contribution is 7.22. The molecule has 3 nitrogen and oxygen atoms in total.